The predicted octanol–water partition coefficient (Wildman–Crippen LogP) is 1.91. The summed E-state index contributed by atoms with van der Waals surface area (Å²) in [6.07, 6.45) is -0.156. The molecule has 0 unspecified atom stereocenters. The topological polar surface area (TPSA) is 63.3 Å². The molecular weight excluding hydrogens is 182 g/mol. The predicted molar refractivity (Wildman–Crippen MR) is 51.3 cm³/mol. The molecule has 78 valence electrons. The zero-order valence-corrected chi connectivity index (χ0v) is 8.92. The van der Waals surface area contributed by atoms with Crippen LogP contribution in [0.5, 0.6) is 0 Å². The van der Waals surface area contributed by atoms with Crippen LogP contribution in [0.4, 0.5) is 0 Å². The number of carboxylic acid groups (broad SMARTS) is 1. The van der Waals surface area contributed by atoms with Crippen LogP contribution in [0.25, 0.3) is 0 Å². The summed E-state index contributed by atoms with van der Waals surface area (Å²) in [7, 11) is 0. The summed E-state index contributed by atoms with van der Waals surface area (Å²) in [4.78, 5) is 14.6. The first kappa shape index (κ1) is 10.8. The third-order valence-electron chi connectivity index (χ3n) is 1.85. The molecule has 0 bridgehead atoms. The van der Waals surface area contributed by atoms with E-state index >= 15 is 0 Å². The second-order valence-electron chi connectivity index (χ2n) is 4.33. The Labute approximate surface area is 83.0 Å². The summed E-state index contributed by atoms with van der Waals surface area (Å²) in [5.41, 5.74) is 0.721. The van der Waals surface area contributed by atoms with Gasteiger partial charge in [-0.05, 0) is 6.92 Å². The van der Waals surface area contributed by atoms with Crippen LogP contribution in [-0.4, -0.2) is 16.1 Å². The standard InChI is InChI=1S/C10H15NO3/c1-6-9(10(2,3)4)11-7(14-6)5-8(12)13/h5H2,1-4H3,(H,12,13). The largest absolute Gasteiger partial charge is 0.481 e. The fourth-order valence-corrected chi connectivity index (χ4v) is 1.35. The van der Waals surface area contributed by atoms with Crippen LogP contribution in [0.1, 0.15) is 38.1 Å². The van der Waals surface area contributed by atoms with Crippen LogP contribution in [0, 0.1) is 6.92 Å². The lowest BCUT2D eigenvalue weighted by molar-refractivity contribution is -0.136. The molecule has 1 aromatic rings. The lowest BCUT2D eigenvalue weighted by atomic mass is 9.91. The molecule has 0 fully saturated rings. The van der Waals surface area contributed by atoms with Crippen LogP contribution >= 0.6 is 0 Å². The molecule has 1 heterocycles. The number of carboxylic acids is 1. The lowest BCUT2D eigenvalue weighted by Crippen LogP contribution is -2.13. The van der Waals surface area contributed by atoms with Crippen LogP contribution in [0.3, 0.4) is 0 Å². The number of carbonyl (C=O) groups is 1. The van der Waals surface area contributed by atoms with E-state index < -0.39 is 5.97 Å². The molecular formula is C10H15NO3. The molecule has 0 aliphatic rings. The van der Waals surface area contributed by atoms with Crippen LogP contribution < -0.4 is 0 Å². The van der Waals surface area contributed by atoms with Gasteiger partial charge < -0.3 is 9.52 Å². The Balaban J connectivity index is 2.99. The van der Waals surface area contributed by atoms with E-state index in [4.69, 9.17) is 9.52 Å². The second-order valence-corrected chi connectivity index (χ2v) is 4.33. The van der Waals surface area contributed by atoms with Crippen molar-refractivity contribution in [3.63, 3.8) is 0 Å². The fraction of sp³-hybridized carbons (Fsp3) is 0.600. The van der Waals surface area contributed by atoms with Gasteiger partial charge in [-0.1, -0.05) is 20.8 Å². The minimum Gasteiger partial charge on any atom is -0.481 e. The number of aromatic nitrogens is 1. The van der Waals surface area contributed by atoms with Gasteiger partial charge >= 0.3 is 5.97 Å². The van der Waals surface area contributed by atoms with E-state index in [2.05, 4.69) is 4.98 Å². The normalized spacial score (nSPS) is 11.7. The highest BCUT2D eigenvalue weighted by Gasteiger charge is 2.23. The zero-order valence-electron chi connectivity index (χ0n) is 8.92. The van der Waals surface area contributed by atoms with Crippen molar-refractivity contribution in [1.82, 2.24) is 4.98 Å². The van der Waals surface area contributed by atoms with Gasteiger partial charge in [-0.15, -0.1) is 0 Å². The Kier molecular flexibility index (Phi) is 2.64. The Hall–Kier alpha value is -1.32. The maximum atomic E-state index is 10.4. The monoisotopic (exact) mass is 197 g/mol. The van der Waals surface area contributed by atoms with Crippen molar-refractivity contribution >= 4 is 5.97 Å². The number of hydrogen-bond donors (Lipinski definition) is 1. The summed E-state index contributed by atoms with van der Waals surface area (Å²) < 4.78 is 5.26. The van der Waals surface area contributed by atoms with Gasteiger partial charge in [0.1, 0.15) is 12.2 Å². The van der Waals surface area contributed by atoms with Crippen molar-refractivity contribution in [2.75, 3.05) is 0 Å². The molecule has 0 saturated carbocycles. The molecule has 0 amide bonds. The Bertz CT molecular complexity index is 347. The van der Waals surface area contributed by atoms with Gasteiger partial charge in [0.15, 0.2) is 0 Å². The summed E-state index contributed by atoms with van der Waals surface area (Å²) in [6.45, 7) is 7.85. The number of oxazole rings is 1. The van der Waals surface area contributed by atoms with Crippen molar-refractivity contribution in [2.45, 2.75) is 39.5 Å². The SMILES string of the molecule is Cc1oc(CC(=O)O)nc1C(C)(C)C. The van der Waals surface area contributed by atoms with Gasteiger partial charge in [0.2, 0.25) is 5.89 Å². The summed E-state index contributed by atoms with van der Waals surface area (Å²) in [5, 5.41) is 8.57. The summed E-state index contributed by atoms with van der Waals surface area (Å²) in [5.74, 6) is 0.0559. The highest BCUT2D eigenvalue weighted by atomic mass is 16.4. The third-order valence-corrected chi connectivity index (χ3v) is 1.85. The van der Waals surface area contributed by atoms with E-state index in [1.165, 1.54) is 0 Å². The maximum absolute atomic E-state index is 10.4. The van der Waals surface area contributed by atoms with Crippen molar-refractivity contribution < 1.29 is 14.3 Å². The minimum absolute atomic E-state index is 0.107. The van der Waals surface area contributed by atoms with Crippen molar-refractivity contribution in [2.24, 2.45) is 0 Å². The van der Waals surface area contributed by atoms with E-state index in [0.29, 0.717) is 5.76 Å². The first-order valence-electron chi connectivity index (χ1n) is 4.49. The molecule has 1 rings (SSSR count). The molecule has 1 N–H and O–H groups in total. The van der Waals surface area contributed by atoms with E-state index in [-0.39, 0.29) is 17.7 Å². The maximum Gasteiger partial charge on any atom is 0.312 e. The van der Waals surface area contributed by atoms with Gasteiger partial charge in [0, 0.05) is 5.41 Å². The van der Waals surface area contributed by atoms with Gasteiger partial charge in [-0.25, -0.2) is 4.98 Å². The fourth-order valence-electron chi connectivity index (χ4n) is 1.35. The molecule has 4 nitrogen and oxygen atoms in total. The van der Waals surface area contributed by atoms with E-state index in [0.717, 1.165) is 5.69 Å². The van der Waals surface area contributed by atoms with E-state index in [1.807, 2.05) is 20.8 Å². The van der Waals surface area contributed by atoms with Crippen LogP contribution in [0.15, 0.2) is 4.42 Å². The second kappa shape index (κ2) is 3.44. The quantitative estimate of drug-likeness (QED) is 0.786. The van der Waals surface area contributed by atoms with Gasteiger partial charge in [0.05, 0.1) is 5.69 Å². The van der Waals surface area contributed by atoms with Crippen LogP contribution in [0.2, 0.25) is 0 Å². The summed E-state index contributed by atoms with van der Waals surface area (Å²) >= 11 is 0. The number of aliphatic carboxylic acids is 1. The minimum atomic E-state index is -0.924. The molecule has 0 radical (unpaired) electrons. The molecule has 0 aliphatic carbocycles. The smallest absolute Gasteiger partial charge is 0.312 e. The number of rotatable bonds is 2. The van der Waals surface area contributed by atoms with Crippen molar-refractivity contribution in [3.8, 4) is 0 Å². The average molecular weight is 197 g/mol. The number of hydrogen-bond acceptors (Lipinski definition) is 3. The molecule has 0 aliphatic heterocycles. The van der Waals surface area contributed by atoms with Gasteiger partial charge in [-0.2, -0.15) is 0 Å². The molecule has 0 aromatic carbocycles. The first-order chi connectivity index (χ1) is 6.30. The van der Waals surface area contributed by atoms with Gasteiger partial charge in [0.25, 0.3) is 0 Å². The average Bonchev–Trinajstić information content (AvgIpc) is 2.27. The summed E-state index contributed by atoms with van der Waals surface area (Å²) in [6, 6.07) is 0. The van der Waals surface area contributed by atoms with Crippen molar-refractivity contribution in [3.05, 3.63) is 17.3 Å². The van der Waals surface area contributed by atoms with E-state index in [1.54, 1.807) is 6.92 Å². The molecule has 0 saturated heterocycles. The highest BCUT2D eigenvalue weighted by molar-refractivity contribution is 5.68. The molecule has 0 spiro atoms. The first-order valence-corrected chi connectivity index (χ1v) is 4.49. The Morgan fingerprint density at radius 1 is 1.50 bits per heavy atom. The number of aryl methyl sites for hydroxylation is 1. The third kappa shape index (κ3) is 2.34. The molecule has 14 heavy (non-hydrogen) atoms. The van der Waals surface area contributed by atoms with E-state index in [9.17, 15) is 4.79 Å². The van der Waals surface area contributed by atoms with Crippen LogP contribution in [-0.2, 0) is 16.6 Å². The van der Waals surface area contributed by atoms with Crippen molar-refractivity contribution in [1.29, 1.82) is 0 Å². The Morgan fingerprint density at radius 3 is 2.43 bits per heavy atom. The lowest BCUT2D eigenvalue weighted by Gasteiger charge is -2.14. The molecule has 4 heteroatoms. The van der Waals surface area contributed by atoms with Gasteiger partial charge in [-0.3, -0.25) is 4.79 Å². The number of nitrogens with zero attached hydrogens (tertiary/aromatic N) is 1. The zero-order chi connectivity index (χ0) is 10.9. The molecule has 1 aromatic heterocycles. The molecule has 0 atom stereocenters. The highest BCUT2D eigenvalue weighted by Crippen LogP contribution is 2.25. The Morgan fingerprint density at radius 2 is 2.07 bits per heavy atom.